The van der Waals surface area contributed by atoms with Crippen molar-refractivity contribution < 1.29 is 22.8 Å². The Hall–Kier alpha value is -4.34. The fraction of sp³-hybridized carbons (Fsp3) is 0.406. The number of piperidine rings is 1. The molecule has 4 aromatic rings. The Kier molecular flexibility index (Phi) is 9.30. The number of aromatic nitrogens is 4. The van der Waals surface area contributed by atoms with E-state index in [4.69, 9.17) is 0 Å². The maximum atomic E-state index is 14.0. The van der Waals surface area contributed by atoms with Crippen molar-refractivity contribution in [1.82, 2.24) is 29.8 Å². The summed E-state index contributed by atoms with van der Waals surface area (Å²) >= 11 is 1.25. The second-order valence-corrected chi connectivity index (χ2v) is 13.1. The number of anilines is 3. The van der Waals surface area contributed by atoms with Crippen LogP contribution in [0.15, 0.2) is 48.8 Å². The van der Waals surface area contributed by atoms with Gasteiger partial charge in [-0.1, -0.05) is 22.6 Å². The quantitative estimate of drug-likeness (QED) is 0.279. The number of hydrogen-bond acceptors (Lipinski definition) is 9. The van der Waals surface area contributed by atoms with Gasteiger partial charge in [-0.25, -0.2) is 9.67 Å². The van der Waals surface area contributed by atoms with Gasteiger partial charge < -0.3 is 20.4 Å². The van der Waals surface area contributed by atoms with E-state index < -0.39 is 17.6 Å². The first-order valence-electron chi connectivity index (χ1n) is 15.4. The zero-order valence-electron chi connectivity index (χ0n) is 26.3. The van der Waals surface area contributed by atoms with Crippen molar-refractivity contribution in [2.45, 2.75) is 38.9 Å². The average Bonchev–Trinajstić information content (AvgIpc) is 3.71. The molecule has 2 aliphatic heterocycles. The van der Waals surface area contributed by atoms with Crippen LogP contribution in [0.3, 0.4) is 0 Å². The molecule has 2 aromatic heterocycles. The molecular formula is C32H36F3N9O2S. The zero-order valence-corrected chi connectivity index (χ0v) is 27.2. The van der Waals surface area contributed by atoms with E-state index in [1.807, 2.05) is 11.8 Å². The van der Waals surface area contributed by atoms with Gasteiger partial charge in [-0.3, -0.25) is 14.5 Å². The largest absolute Gasteiger partial charge is 0.416 e. The number of thiazole rings is 1. The van der Waals surface area contributed by atoms with Crippen molar-refractivity contribution >= 4 is 39.7 Å². The van der Waals surface area contributed by atoms with Gasteiger partial charge in [0, 0.05) is 75.4 Å². The fourth-order valence-electron chi connectivity index (χ4n) is 6.00. The standard InChI is InChI=1S/C32H36F3N9O2S/c1-20-4-5-22(14-28(20)44-19-27(39-40-44)29-18-36-31(47-29)37-21(2)45)30(46)38-24-15-23(32(33,34)35)16-26(17-24)42-8-6-25(7-9-42)43-12-10-41(3)11-13-43/h4-5,14-19,25H,6-13H2,1-3H3,(H,38,46)(H,36,37,45). The average molecular weight is 668 g/mol. The predicted octanol–water partition coefficient (Wildman–Crippen LogP) is 5.14. The van der Waals surface area contributed by atoms with Crippen LogP contribution in [0.4, 0.5) is 29.7 Å². The molecule has 6 rings (SSSR count). The van der Waals surface area contributed by atoms with Gasteiger partial charge in [0.1, 0.15) is 5.69 Å². The summed E-state index contributed by atoms with van der Waals surface area (Å²) in [6.45, 7) is 8.59. The van der Waals surface area contributed by atoms with Crippen LogP contribution in [-0.4, -0.2) is 94.0 Å². The number of rotatable bonds is 7. The Morgan fingerprint density at radius 1 is 0.979 bits per heavy atom. The smallest absolute Gasteiger partial charge is 0.371 e. The molecule has 0 radical (unpaired) electrons. The van der Waals surface area contributed by atoms with Crippen molar-refractivity contribution in [3.8, 4) is 16.3 Å². The van der Waals surface area contributed by atoms with Gasteiger partial charge in [-0.05, 0) is 62.7 Å². The van der Waals surface area contributed by atoms with Gasteiger partial charge in [0.05, 0.1) is 22.3 Å². The number of nitrogens with zero attached hydrogens (tertiary/aromatic N) is 7. The number of carbonyl (C=O) groups excluding carboxylic acids is 2. The van der Waals surface area contributed by atoms with Crippen LogP contribution in [0.25, 0.3) is 16.3 Å². The number of carbonyl (C=O) groups is 2. The molecule has 47 heavy (non-hydrogen) atoms. The number of aryl methyl sites for hydroxylation is 1. The first-order valence-corrected chi connectivity index (χ1v) is 16.2. The number of benzene rings is 2. The van der Waals surface area contributed by atoms with Gasteiger partial charge in [-0.2, -0.15) is 13.2 Å². The molecule has 2 aromatic carbocycles. The third-order valence-electron chi connectivity index (χ3n) is 8.64. The molecule has 2 N–H and O–H groups in total. The van der Waals surface area contributed by atoms with Crippen molar-refractivity contribution in [1.29, 1.82) is 0 Å². The van der Waals surface area contributed by atoms with Crippen LogP contribution in [-0.2, 0) is 11.0 Å². The lowest BCUT2D eigenvalue weighted by atomic mass is 10.0. The zero-order chi connectivity index (χ0) is 33.3. The van der Waals surface area contributed by atoms with E-state index in [2.05, 4.69) is 42.8 Å². The maximum absolute atomic E-state index is 14.0. The normalized spacial score (nSPS) is 16.8. The van der Waals surface area contributed by atoms with Crippen LogP contribution < -0.4 is 15.5 Å². The number of likely N-dealkylation sites (N-methyl/N-ethyl adjacent to an activating group) is 1. The molecule has 4 heterocycles. The van der Waals surface area contributed by atoms with Gasteiger partial charge in [-0.15, -0.1) is 5.10 Å². The molecule has 2 amide bonds. The molecule has 0 bridgehead atoms. The molecule has 0 saturated carbocycles. The summed E-state index contributed by atoms with van der Waals surface area (Å²) in [5, 5.41) is 14.2. The highest BCUT2D eigenvalue weighted by molar-refractivity contribution is 7.19. The van der Waals surface area contributed by atoms with E-state index in [-0.39, 0.29) is 17.2 Å². The van der Waals surface area contributed by atoms with Crippen molar-refractivity contribution in [2.75, 3.05) is 61.8 Å². The molecule has 0 unspecified atom stereocenters. The summed E-state index contributed by atoms with van der Waals surface area (Å²) in [7, 11) is 2.12. The van der Waals surface area contributed by atoms with Crippen LogP contribution in [0.1, 0.15) is 41.3 Å². The minimum atomic E-state index is -4.57. The monoisotopic (exact) mass is 667 g/mol. The molecule has 2 saturated heterocycles. The SMILES string of the molecule is CC(=O)Nc1ncc(-c2cn(-c3cc(C(=O)Nc4cc(N5CCC(N6CCN(C)CC6)CC5)cc(C(F)(F)F)c4)ccc3C)nn2)s1. The molecule has 0 spiro atoms. The Morgan fingerprint density at radius 3 is 2.43 bits per heavy atom. The first-order chi connectivity index (χ1) is 22.4. The fourth-order valence-corrected chi connectivity index (χ4v) is 6.81. The number of amides is 2. The Labute approximate surface area is 274 Å². The second-order valence-electron chi connectivity index (χ2n) is 12.0. The molecular weight excluding hydrogens is 631 g/mol. The lowest BCUT2D eigenvalue weighted by Crippen LogP contribution is -2.52. The van der Waals surface area contributed by atoms with Gasteiger partial charge in [0.25, 0.3) is 5.91 Å². The van der Waals surface area contributed by atoms with E-state index in [1.165, 1.54) is 29.0 Å². The minimum absolute atomic E-state index is 0.0753. The second kappa shape index (κ2) is 13.4. The molecule has 15 heteroatoms. The van der Waals surface area contributed by atoms with Crippen LogP contribution in [0, 0.1) is 6.92 Å². The van der Waals surface area contributed by atoms with Gasteiger partial charge in [0.2, 0.25) is 5.91 Å². The van der Waals surface area contributed by atoms with Gasteiger partial charge >= 0.3 is 6.18 Å². The van der Waals surface area contributed by atoms with E-state index in [9.17, 15) is 22.8 Å². The van der Waals surface area contributed by atoms with Crippen LogP contribution in [0.2, 0.25) is 0 Å². The van der Waals surface area contributed by atoms with Crippen molar-refractivity contribution in [2.24, 2.45) is 0 Å². The Bertz CT molecular complexity index is 1760. The van der Waals surface area contributed by atoms with E-state index in [1.54, 1.807) is 36.7 Å². The molecule has 2 fully saturated rings. The minimum Gasteiger partial charge on any atom is -0.371 e. The topological polar surface area (TPSA) is 112 Å². The Balaban J connectivity index is 1.18. The van der Waals surface area contributed by atoms with Gasteiger partial charge in [0.15, 0.2) is 5.13 Å². The van der Waals surface area contributed by atoms with Crippen LogP contribution in [0.5, 0.6) is 0 Å². The highest BCUT2D eigenvalue weighted by atomic mass is 32.1. The third-order valence-corrected chi connectivity index (χ3v) is 9.57. The molecule has 11 nitrogen and oxygen atoms in total. The molecule has 0 aliphatic carbocycles. The van der Waals surface area contributed by atoms with E-state index >= 15 is 0 Å². The highest BCUT2D eigenvalue weighted by Crippen LogP contribution is 2.36. The van der Waals surface area contributed by atoms with Crippen LogP contribution >= 0.6 is 11.3 Å². The number of piperazine rings is 1. The lowest BCUT2D eigenvalue weighted by Gasteiger charge is -2.42. The lowest BCUT2D eigenvalue weighted by molar-refractivity contribution is -0.137. The number of nitrogens with one attached hydrogen (secondary N) is 2. The summed E-state index contributed by atoms with van der Waals surface area (Å²) < 4.78 is 43.5. The first kappa shape index (κ1) is 32.6. The predicted molar refractivity (Wildman–Crippen MR) is 175 cm³/mol. The maximum Gasteiger partial charge on any atom is 0.416 e. The summed E-state index contributed by atoms with van der Waals surface area (Å²) in [5.74, 6) is -0.781. The van der Waals surface area contributed by atoms with E-state index in [0.29, 0.717) is 46.2 Å². The molecule has 248 valence electrons. The number of halogens is 3. The summed E-state index contributed by atoms with van der Waals surface area (Å²) in [5.41, 5.74) is 1.87. The summed E-state index contributed by atoms with van der Waals surface area (Å²) in [6, 6.07) is 9.16. The number of alkyl halides is 3. The van der Waals surface area contributed by atoms with Crippen molar-refractivity contribution in [3.63, 3.8) is 0 Å². The summed E-state index contributed by atoms with van der Waals surface area (Å²) in [4.78, 5) is 36.4. The summed E-state index contributed by atoms with van der Waals surface area (Å²) in [6.07, 6.45) is 0.437. The van der Waals surface area contributed by atoms with Crippen molar-refractivity contribution in [3.05, 3.63) is 65.5 Å². The third kappa shape index (κ3) is 7.63. The Morgan fingerprint density at radius 2 is 1.72 bits per heavy atom. The van der Waals surface area contributed by atoms with E-state index in [0.717, 1.165) is 50.7 Å². The molecule has 2 aliphatic rings. The molecule has 0 atom stereocenters. The highest BCUT2D eigenvalue weighted by Gasteiger charge is 2.33. The number of hydrogen-bond donors (Lipinski definition) is 2.